The van der Waals surface area contributed by atoms with Crippen LogP contribution in [0.4, 0.5) is 26.3 Å². The summed E-state index contributed by atoms with van der Waals surface area (Å²) in [5.41, 5.74) is -12.4. The maximum Gasteiger partial charge on any atom is 0.480 e. The number of aryl methyl sites for hydroxylation is 1. The largest absolute Gasteiger partial charge is 0.480 e. The Labute approximate surface area is 168 Å². The van der Waals surface area contributed by atoms with Gasteiger partial charge in [-0.3, -0.25) is 0 Å². The van der Waals surface area contributed by atoms with E-state index in [2.05, 4.69) is 13.8 Å². The molecule has 0 spiro atoms. The topological polar surface area (TPSA) is 117 Å². The molecule has 0 aliphatic rings. The van der Waals surface area contributed by atoms with Gasteiger partial charge in [-0.1, -0.05) is 13.8 Å². The van der Waals surface area contributed by atoms with Gasteiger partial charge in [-0.05, 0) is 6.42 Å². The molecule has 0 fully saturated rings. The van der Waals surface area contributed by atoms with Gasteiger partial charge in [0.2, 0.25) is 6.33 Å². The maximum absolute atomic E-state index is 11.7. The third-order valence-corrected chi connectivity index (χ3v) is 6.26. The van der Waals surface area contributed by atoms with E-state index in [0.29, 0.717) is 0 Å². The van der Waals surface area contributed by atoms with Crippen LogP contribution in [0.5, 0.6) is 0 Å². The van der Waals surface area contributed by atoms with Crippen molar-refractivity contribution < 1.29 is 57.3 Å². The number of esters is 1. The summed E-state index contributed by atoms with van der Waals surface area (Å²) in [5, 5.41) is 0. The van der Waals surface area contributed by atoms with Gasteiger partial charge in [0.1, 0.15) is 12.4 Å². The Kier molecular flexibility index (Phi) is 9.33. The number of sulfonamides is 2. The van der Waals surface area contributed by atoms with Crippen LogP contribution in [0.3, 0.4) is 0 Å². The van der Waals surface area contributed by atoms with Gasteiger partial charge in [0.25, 0.3) is 0 Å². The van der Waals surface area contributed by atoms with E-state index < -0.39 is 31.1 Å². The lowest BCUT2D eigenvalue weighted by molar-refractivity contribution is -0.671. The lowest BCUT2D eigenvalue weighted by Crippen LogP contribution is -2.30. The molecule has 2 unspecified atom stereocenters. The van der Waals surface area contributed by atoms with Crippen molar-refractivity contribution in [2.45, 2.75) is 37.3 Å². The molecular formula is C13H19F6N3O6S2. The van der Waals surface area contributed by atoms with E-state index in [-0.39, 0.29) is 17.9 Å². The average molecular weight is 491 g/mol. The third-order valence-electron chi connectivity index (χ3n) is 3.52. The highest BCUT2D eigenvalue weighted by Crippen LogP contribution is 2.36. The Balaban J connectivity index is 0.000000561. The van der Waals surface area contributed by atoms with Crippen LogP contribution in [-0.4, -0.2) is 45.5 Å². The van der Waals surface area contributed by atoms with Gasteiger partial charge in [0, 0.05) is 5.92 Å². The molecule has 9 nitrogen and oxygen atoms in total. The number of hydrogen-bond acceptors (Lipinski definition) is 6. The lowest BCUT2D eigenvalue weighted by atomic mass is 9.99. The Bertz CT molecular complexity index is 882. The monoisotopic (exact) mass is 491 g/mol. The number of carbonyl (C=O) groups is 1. The van der Waals surface area contributed by atoms with Gasteiger partial charge >= 0.3 is 17.0 Å². The minimum absolute atomic E-state index is 0.180. The standard InChI is InChI=1S/C11H19N2O2.C2F6NO4S2/c1-5-9(2)10(11(14)15-4)13-7-6-12(3)8-13;3-1(4,5)14(10,11)9-15(12,13)2(6,7)8/h6-10H,5H2,1-4H3;/q+1;-1. The highest BCUT2D eigenvalue weighted by atomic mass is 32.3. The first-order valence-electron chi connectivity index (χ1n) is 7.78. The number of ether oxygens (including phenoxy) is 1. The second-order valence-corrected chi connectivity index (χ2v) is 9.22. The summed E-state index contributed by atoms with van der Waals surface area (Å²) in [4.78, 5) is 11.7. The molecule has 1 aromatic heterocycles. The maximum atomic E-state index is 11.7. The fraction of sp³-hybridized carbons (Fsp3) is 0.692. The fourth-order valence-corrected chi connectivity index (χ4v) is 3.55. The molecule has 2 atom stereocenters. The third kappa shape index (κ3) is 7.42. The van der Waals surface area contributed by atoms with Crippen molar-refractivity contribution in [1.82, 2.24) is 4.57 Å². The van der Waals surface area contributed by atoms with Crippen molar-refractivity contribution in [3.63, 3.8) is 0 Å². The van der Waals surface area contributed by atoms with Crippen LogP contribution < -0.4 is 4.57 Å². The number of alkyl halides is 6. The number of hydrogen-bond donors (Lipinski definition) is 0. The van der Waals surface area contributed by atoms with Crippen LogP contribution in [0.2, 0.25) is 0 Å². The summed E-state index contributed by atoms with van der Waals surface area (Å²) in [7, 11) is -10.1. The Morgan fingerprint density at radius 1 is 1.10 bits per heavy atom. The number of imidazole rings is 1. The van der Waals surface area contributed by atoms with Gasteiger partial charge in [0.15, 0.2) is 26.1 Å². The van der Waals surface area contributed by atoms with Crippen LogP contribution in [0.25, 0.3) is 4.13 Å². The quantitative estimate of drug-likeness (QED) is 0.342. The zero-order valence-electron chi connectivity index (χ0n) is 16.0. The van der Waals surface area contributed by atoms with Crippen molar-refractivity contribution in [3.05, 3.63) is 22.8 Å². The van der Waals surface area contributed by atoms with Crippen LogP contribution >= 0.6 is 0 Å². The Morgan fingerprint density at radius 2 is 1.53 bits per heavy atom. The fourth-order valence-electron chi connectivity index (χ4n) is 1.84. The van der Waals surface area contributed by atoms with Crippen LogP contribution in [0, 0.1) is 5.92 Å². The molecule has 0 bridgehead atoms. The summed E-state index contributed by atoms with van der Waals surface area (Å²) in [6, 6.07) is -0.221. The van der Waals surface area contributed by atoms with Gasteiger partial charge in [0.05, 0.1) is 14.2 Å². The van der Waals surface area contributed by atoms with E-state index in [1.54, 1.807) is 0 Å². The van der Waals surface area contributed by atoms with Gasteiger partial charge in [-0.2, -0.15) is 26.3 Å². The molecule has 1 heterocycles. The first-order chi connectivity index (χ1) is 13.3. The molecule has 0 saturated carbocycles. The van der Waals surface area contributed by atoms with Gasteiger partial charge in [-0.25, -0.2) is 30.8 Å². The number of carbonyl (C=O) groups excluding carboxylic acids is 1. The number of methoxy groups -OCH3 is 1. The summed E-state index contributed by atoms with van der Waals surface area (Å²) < 4.78 is 118. The first kappa shape index (κ1) is 28.1. The van der Waals surface area contributed by atoms with E-state index in [1.165, 1.54) is 7.11 Å². The smallest absolute Gasteiger partial charge is 0.466 e. The molecule has 0 aliphatic carbocycles. The Hall–Kier alpha value is -1.88. The average Bonchev–Trinajstić information content (AvgIpc) is 2.98. The molecule has 0 N–H and O–H groups in total. The van der Waals surface area contributed by atoms with E-state index in [1.807, 2.05) is 34.9 Å². The highest BCUT2D eigenvalue weighted by molar-refractivity contribution is 8.13. The lowest BCUT2D eigenvalue weighted by Gasteiger charge is -2.22. The first-order valence-corrected chi connectivity index (χ1v) is 10.7. The van der Waals surface area contributed by atoms with Crippen LogP contribution in [0.15, 0.2) is 18.7 Å². The predicted molar refractivity (Wildman–Crippen MR) is 89.4 cm³/mol. The second kappa shape index (κ2) is 9.95. The molecular weight excluding hydrogens is 472 g/mol. The van der Waals surface area contributed by atoms with E-state index >= 15 is 0 Å². The minimum atomic E-state index is -6.72. The number of nitrogens with zero attached hydrogens (tertiary/aromatic N) is 3. The summed E-state index contributed by atoms with van der Waals surface area (Å²) in [6.45, 7) is 4.13. The number of halogens is 6. The predicted octanol–water partition coefficient (Wildman–Crippen LogP) is 2.13. The molecule has 176 valence electrons. The zero-order valence-corrected chi connectivity index (χ0v) is 17.6. The Morgan fingerprint density at radius 3 is 1.80 bits per heavy atom. The molecule has 0 saturated heterocycles. The molecule has 1 rings (SSSR count). The van der Waals surface area contributed by atoms with E-state index in [9.17, 15) is 48.0 Å². The normalized spacial score (nSPS) is 15.0. The zero-order chi connectivity index (χ0) is 24.1. The molecule has 0 aliphatic heterocycles. The van der Waals surface area contributed by atoms with Crippen molar-refractivity contribution >= 4 is 26.0 Å². The van der Waals surface area contributed by atoms with Gasteiger partial charge < -0.3 is 8.86 Å². The van der Waals surface area contributed by atoms with Crippen LogP contribution in [-0.2, 0) is 36.6 Å². The number of rotatable bonds is 6. The molecule has 17 heteroatoms. The molecule has 0 amide bonds. The van der Waals surface area contributed by atoms with E-state index in [0.717, 1.165) is 10.5 Å². The highest BCUT2D eigenvalue weighted by Gasteiger charge is 2.46. The molecule has 0 radical (unpaired) electrons. The summed E-state index contributed by atoms with van der Waals surface area (Å²) in [6.07, 6.45) is 6.65. The van der Waals surface area contributed by atoms with E-state index in [4.69, 9.17) is 4.74 Å². The van der Waals surface area contributed by atoms with Crippen molar-refractivity contribution in [2.24, 2.45) is 13.0 Å². The molecule has 0 aromatic carbocycles. The molecule has 1 aromatic rings. The second-order valence-electron chi connectivity index (χ2n) is 5.80. The molecule has 30 heavy (non-hydrogen) atoms. The van der Waals surface area contributed by atoms with Gasteiger partial charge in [-0.15, -0.1) is 0 Å². The van der Waals surface area contributed by atoms with Crippen molar-refractivity contribution in [1.29, 1.82) is 0 Å². The van der Waals surface area contributed by atoms with Crippen molar-refractivity contribution in [2.75, 3.05) is 7.11 Å². The van der Waals surface area contributed by atoms with Crippen LogP contribution in [0.1, 0.15) is 26.3 Å². The summed E-state index contributed by atoms with van der Waals surface area (Å²) >= 11 is 0. The number of aromatic nitrogens is 2. The summed E-state index contributed by atoms with van der Waals surface area (Å²) in [5.74, 6) is 0.0883. The SMILES string of the molecule is CCC(C)C(C(=O)OC)n1cc[n+](C)c1.O=S(=O)([N-]S(=O)(=O)C(F)(F)F)C(F)(F)F. The van der Waals surface area contributed by atoms with Crippen molar-refractivity contribution in [3.8, 4) is 0 Å². The minimum Gasteiger partial charge on any atom is -0.466 e.